The Morgan fingerprint density at radius 3 is 2.73 bits per heavy atom. The highest BCUT2D eigenvalue weighted by Gasteiger charge is 2.30. The molecular formula is C9H16N2O4. The Kier molecular flexibility index (Phi) is 4.05. The molecule has 0 saturated carbocycles. The van der Waals surface area contributed by atoms with Crippen molar-refractivity contribution in [3.8, 4) is 0 Å². The number of likely N-dealkylation sites (tertiary alicyclic amines) is 1. The molecule has 0 bridgehead atoms. The van der Waals surface area contributed by atoms with E-state index in [2.05, 4.69) is 4.74 Å². The van der Waals surface area contributed by atoms with Crippen LogP contribution < -0.4 is 5.73 Å². The lowest BCUT2D eigenvalue weighted by Crippen LogP contribution is -2.50. The Morgan fingerprint density at radius 2 is 2.20 bits per heavy atom. The summed E-state index contributed by atoms with van der Waals surface area (Å²) in [5, 5.41) is 8.87. The van der Waals surface area contributed by atoms with E-state index in [4.69, 9.17) is 10.8 Å². The van der Waals surface area contributed by atoms with E-state index < -0.39 is 11.9 Å². The van der Waals surface area contributed by atoms with Crippen molar-refractivity contribution in [2.45, 2.75) is 12.5 Å². The van der Waals surface area contributed by atoms with Gasteiger partial charge in [0.05, 0.1) is 19.6 Å². The number of carbonyl (C=O) groups excluding carboxylic acids is 1. The van der Waals surface area contributed by atoms with E-state index in [1.54, 1.807) is 4.90 Å². The van der Waals surface area contributed by atoms with Gasteiger partial charge in [0.1, 0.15) is 0 Å². The lowest BCUT2D eigenvalue weighted by Gasteiger charge is -2.33. The Hall–Kier alpha value is -1.14. The molecule has 0 aromatic carbocycles. The molecule has 2 atom stereocenters. The van der Waals surface area contributed by atoms with Crippen LogP contribution >= 0.6 is 0 Å². The van der Waals surface area contributed by atoms with Gasteiger partial charge in [-0.1, -0.05) is 0 Å². The number of esters is 1. The number of nitrogens with two attached hydrogens (primary N) is 1. The summed E-state index contributed by atoms with van der Waals surface area (Å²) >= 11 is 0. The third-order valence-corrected chi connectivity index (χ3v) is 2.49. The number of hydrogen-bond acceptors (Lipinski definition) is 5. The summed E-state index contributed by atoms with van der Waals surface area (Å²) < 4.78 is 4.52. The molecule has 0 aliphatic carbocycles. The van der Waals surface area contributed by atoms with Gasteiger partial charge in [0.15, 0.2) is 0 Å². The van der Waals surface area contributed by atoms with Crippen molar-refractivity contribution in [3.63, 3.8) is 0 Å². The van der Waals surface area contributed by atoms with Gasteiger partial charge in [-0.3, -0.25) is 14.5 Å². The number of carbonyl (C=O) groups is 2. The van der Waals surface area contributed by atoms with Gasteiger partial charge in [0.2, 0.25) is 0 Å². The van der Waals surface area contributed by atoms with Gasteiger partial charge >= 0.3 is 11.9 Å². The molecule has 1 heterocycles. The number of carboxylic acid groups (broad SMARTS) is 1. The van der Waals surface area contributed by atoms with E-state index in [-0.39, 0.29) is 18.6 Å². The molecule has 1 saturated heterocycles. The zero-order chi connectivity index (χ0) is 11.4. The maximum Gasteiger partial charge on any atom is 0.319 e. The summed E-state index contributed by atoms with van der Waals surface area (Å²) in [5.74, 6) is -1.72. The van der Waals surface area contributed by atoms with Crippen molar-refractivity contribution in [2.24, 2.45) is 11.7 Å². The van der Waals surface area contributed by atoms with Crippen LogP contribution in [0, 0.1) is 5.92 Å². The zero-order valence-corrected chi connectivity index (χ0v) is 8.68. The van der Waals surface area contributed by atoms with Gasteiger partial charge in [-0.05, 0) is 6.42 Å². The highest BCUT2D eigenvalue weighted by molar-refractivity contribution is 5.72. The van der Waals surface area contributed by atoms with Crippen molar-refractivity contribution in [1.29, 1.82) is 0 Å². The molecule has 0 amide bonds. The Bertz CT molecular complexity index is 256. The van der Waals surface area contributed by atoms with E-state index in [1.807, 2.05) is 0 Å². The van der Waals surface area contributed by atoms with Gasteiger partial charge in [-0.15, -0.1) is 0 Å². The van der Waals surface area contributed by atoms with Crippen molar-refractivity contribution >= 4 is 11.9 Å². The van der Waals surface area contributed by atoms with Crippen LogP contribution in [0.1, 0.15) is 6.42 Å². The molecule has 1 fully saturated rings. The van der Waals surface area contributed by atoms with Crippen molar-refractivity contribution in [2.75, 3.05) is 26.7 Å². The second-order valence-corrected chi connectivity index (χ2v) is 3.80. The predicted molar refractivity (Wildman–Crippen MR) is 52.2 cm³/mol. The van der Waals surface area contributed by atoms with Crippen LogP contribution in [0.25, 0.3) is 0 Å². The largest absolute Gasteiger partial charge is 0.481 e. The molecule has 2 unspecified atom stereocenters. The summed E-state index contributed by atoms with van der Waals surface area (Å²) in [5.41, 5.74) is 5.71. The lowest BCUT2D eigenvalue weighted by molar-refractivity contribution is -0.147. The average molecular weight is 216 g/mol. The number of hydrogen-bond donors (Lipinski definition) is 2. The van der Waals surface area contributed by atoms with Crippen molar-refractivity contribution in [3.05, 3.63) is 0 Å². The molecule has 3 N–H and O–H groups in total. The van der Waals surface area contributed by atoms with Crippen molar-refractivity contribution < 1.29 is 19.4 Å². The quantitative estimate of drug-likeness (QED) is 0.581. The van der Waals surface area contributed by atoms with Crippen LogP contribution in [0.3, 0.4) is 0 Å². The summed E-state index contributed by atoms with van der Waals surface area (Å²) in [7, 11) is 1.31. The van der Waals surface area contributed by atoms with Gasteiger partial charge in [-0.25, -0.2) is 0 Å². The second kappa shape index (κ2) is 5.09. The number of piperidine rings is 1. The van der Waals surface area contributed by atoms with E-state index in [0.717, 1.165) is 0 Å². The van der Waals surface area contributed by atoms with Crippen LogP contribution in [0.2, 0.25) is 0 Å². The third-order valence-electron chi connectivity index (χ3n) is 2.49. The molecule has 6 nitrogen and oxygen atoms in total. The molecule has 1 rings (SSSR count). The number of aliphatic carboxylic acids is 1. The normalized spacial score (nSPS) is 27.3. The van der Waals surface area contributed by atoms with Gasteiger partial charge in [0, 0.05) is 19.1 Å². The van der Waals surface area contributed by atoms with E-state index in [9.17, 15) is 9.59 Å². The van der Waals surface area contributed by atoms with Gasteiger partial charge < -0.3 is 15.6 Å². The maximum atomic E-state index is 11.0. The van der Waals surface area contributed by atoms with Gasteiger partial charge in [0.25, 0.3) is 0 Å². The summed E-state index contributed by atoms with van der Waals surface area (Å²) in [6, 6.07) is -0.190. The molecule has 6 heteroatoms. The minimum atomic E-state index is -0.861. The minimum Gasteiger partial charge on any atom is -0.481 e. The van der Waals surface area contributed by atoms with E-state index in [0.29, 0.717) is 19.5 Å². The van der Waals surface area contributed by atoms with E-state index >= 15 is 0 Å². The monoisotopic (exact) mass is 216 g/mol. The SMILES string of the molecule is COC(=O)CN1CC(N)CC(C(=O)O)C1. The molecule has 15 heavy (non-hydrogen) atoms. The first-order chi connectivity index (χ1) is 7.02. The van der Waals surface area contributed by atoms with Crippen molar-refractivity contribution in [1.82, 2.24) is 4.90 Å². The molecule has 0 aromatic heterocycles. The fourth-order valence-electron chi connectivity index (χ4n) is 1.79. The third kappa shape index (κ3) is 3.49. The fraction of sp³-hybridized carbons (Fsp3) is 0.778. The minimum absolute atomic E-state index is 0.105. The number of nitrogens with zero attached hydrogens (tertiary/aromatic N) is 1. The zero-order valence-electron chi connectivity index (χ0n) is 8.68. The van der Waals surface area contributed by atoms with E-state index in [1.165, 1.54) is 7.11 Å². The van der Waals surface area contributed by atoms with Crippen LogP contribution in [-0.2, 0) is 14.3 Å². The number of ether oxygens (including phenoxy) is 1. The summed E-state index contributed by atoms with van der Waals surface area (Å²) in [4.78, 5) is 23.5. The van der Waals surface area contributed by atoms with Crippen LogP contribution in [0.15, 0.2) is 0 Å². The topological polar surface area (TPSA) is 92.9 Å². The average Bonchev–Trinajstić information content (AvgIpc) is 2.16. The highest BCUT2D eigenvalue weighted by Crippen LogP contribution is 2.15. The standard InChI is InChI=1S/C9H16N2O4/c1-15-8(12)5-11-3-6(9(13)14)2-7(10)4-11/h6-7H,2-5,10H2,1H3,(H,13,14). The smallest absolute Gasteiger partial charge is 0.319 e. The Balaban J connectivity index is 2.51. The first-order valence-electron chi connectivity index (χ1n) is 4.80. The maximum absolute atomic E-state index is 11.0. The second-order valence-electron chi connectivity index (χ2n) is 3.80. The molecule has 0 aromatic rings. The molecule has 0 radical (unpaired) electrons. The van der Waals surface area contributed by atoms with Crippen LogP contribution in [0.4, 0.5) is 0 Å². The fourth-order valence-corrected chi connectivity index (χ4v) is 1.79. The highest BCUT2D eigenvalue weighted by atomic mass is 16.5. The Labute approximate surface area is 88.0 Å². The van der Waals surface area contributed by atoms with Gasteiger partial charge in [-0.2, -0.15) is 0 Å². The van der Waals surface area contributed by atoms with Crippen LogP contribution in [-0.4, -0.2) is 54.7 Å². The molecule has 1 aliphatic heterocycles. The predicted octanol–water partition coefficient (Wildman–Crippen LogP) is -1.11. The first kappa shape index (κ1) is 11.9. The first-order valence-corrected chi connectivity index (χ1v) is 4.80. The summed E-state index contributed by atoms with van der Waals surface area (Å²) in [6.45, 7) is 1.00. The molecular weight excluding hydrogens is 200 g/mol. The number of rotatable bonds is 3. The molecule has 86 valence electrons. The molecule has 1 aliphatic rings. The number of methoxy groups -OCH3 is 1. The summed E-state index contributed by atoms with van der Waals surface area (Å²) in [6.07, 6.45) is 0.465. The number of carboxylic acids is 1. The molecule has 0 spiro atoms. The lowest BCUT2D eigenvalue weighted by atomic mass is 9.95. The van der Waals surface area contributed by atoms with Crippen LogP contribution in [0.5, 0.6) is 0 Å². The Morgan fingerprint density at radius 1 is 1.53 bits per heavy atom.